The summed E-state index contributed by atoms with van der Waals surface area (Å²) in [5.74, 6) is -0.113. The van der Waals surface area contributed by atoms with Crippen LogP contribution in [0.5, 0.6) is 0 Å². The maximum atomic E-state index is 10.9. The summed E-state index contributed by atoms with van der Waals surface area (Å²) in [4.78, 5) is 12.9. The molecule has 3 nitrogen and oxygen atoms in total. The quantitative estimate of drug-likeness (QED) is 0.889. The molecule has 1 aliphatic rings. The normalized spacial score (nSPS) is 16.4. The van der Waals surface area contributed by atoms with Crippen LogP contribution in [-0.4, -0.2) is 25.2 Å². The summed E-state index contributed by atoms with van der Waals surface area (Å²) >= 11 is 6.24. The Labute approximate surface area is 112 Å². The third kappa shape index (κ3) is 2.96. The van der Waals surface area contributed by atoms with E-state index < -0.39 is 5.97 Å². The van der Waals surface area contributed by atoms with Gasteiger partial charge in [0.2, 0.25) is 0 Å². The van der Waals surface area contributed by atoms with E-state index >= 15 is 0 Å². The number of halogens is 1. The van der Waals surface area contributed by atoms with Crippen molar-refractivity contribution in [3.8, 4) is 0 Å². The van der Waals surface area contributed by atoms with Gasteiger partial charge in [0.15, 0.2) is 0 Å². The zero-order valence-corrected chi connectivity index (χ0v) is 11.4. The number of carbonyl (C=O) groups is 1. The lowest BCUT2D eigenvalue weighted by Crippen LogP contribution is -2.11. The highest BCUT2D eigenvalue weighted by atomic mass is 35.5. The molecule has 4 heteroatoms. The summed E-state index contributed by atoms with van der Waals surface area (Å²) in [6.45, 7) is 0. The second-order valence-corrected chi connectivity index (χ2v) is 5.55. The van der Waals surface area contributed by atoms with Crippen molar-refractivity contribution in [2.75, 3.05) is 19.0 Å². The van der Waals surface area contributed by atoms with Crippen molar-refractivity contribution >= 4 is 23.3 Å². The summed E-state index contributed by atoms with van der Waals surface area (Å²) in [5.41, 5.74) is 2.01. The van der Waals surface area contributed by atoms with Gasteiger partial charge in [0.25, 0.3) is 0 Å². The van der Waals surface area contributed by atoms with Crippen LogP contribution in [0.1, 0.15) is 30.7 Å². The number of hydrogen-bond donors (Lipinski definition) is 1. The Morgan fingerprint density at radius 3 is 2.61 bits per heavy atom. The zero-order chi connectivity index (χ0) is 13.3. The standard InChI is InChI=1S/C14H18ClNO2/c1-16(2)13-6-5-10(7-12(13)15)11(8-14(17)18)9-3-4-9/h5-7,9,11H,3-4,8H2,1-2H3,(H,17,18). The SMILES string of the molecule is CN(C)c1ccc(C(CC(=O)O)C2CC2)cc1Cl. The maximum Gasteiger partial charge on any atom is 0.303 e. The molecule has 1 N–H and O–H groups in total. The molecule has 2 rings (SSSR count). The highest BCUT2D eigenvalue weighted by Crippen LogP contribution is 2.45. The number of rotatable bonds is 5. The van der Waals surface area contributed by atoms with Gasteiger partial charge in [-0.05, 0) is 42.4 Å². The summed E-state index contributed by atoms with van der Waals surface area (Å²) in [7, 11) is 3.88. The van der Waals surface area contributed by atoms with Crippen molar-refractivity contribution < 1.29 is 9.90 Å². The third-order valence-corrected chi connectivity index (χ3v) is 3.77. The van der Waals surface area contributed by atoms with Crippen LogP contribution in [0.3, 0.4) is 0 Å². The van der Waals surface area contributed by atoms with Gasteiger partial charge in [-0.1, -0.05) is 17.7 Å². The lowest BCUT2D eigenvalue weighted by Gasteiger charge is -2.19. The van der Waals surface area contributed by atoms with Gasteiger partial charge in [0, 0.05) is 14.1 Å². The van der Waals surface area contributed by atoms with E-state index in [-0.39, 0.29) is 12.3 Å². The van der Waals surface area contributed by atoms with Crippen LogP contribution >= 0.6 is 11.6 Å². The Balaban J connectivity index is 2.25. The first kappa shape index (κ1) is 13.2. The lowest BCUT2D eigenvalue weighted by molar-refractivity contribution is -0.137. The van der Waals surface area contributed by atoms with Crippen LogP contribution in [0.4, 0.5) is 5.69 Å². The van der Waals surface area contributed by atoms with Crippen LogP contribution in [0.25, 0.3) is 0 Å². The van der Waals surface area contributed by atoms with Crippen molar-refractivity contribution in [2.24, 2.45) is 5.92 Å². The Morgan fingerprint density at radius 1 is 1.50 bits per heavy atom. The topological polar surface area (TPSA) is 40.5 Å². The van der Waals surface area contributed by atoms with Gasteiger partial charge >= 0.3 is 5.97 Å². The fourth-order valence-electron chi connectivity index (χ4n) is 2.36. The fraction of sp³-hybridized carbons (Fsp3) is 0.500. The van der Waals surface area contributed by atoms with Gasteiger partial charge in [0.05, 0.1) is 17.1 Å². The molecule has 1 atom stereocenters. The van der Waals surface area contributed by atoms with E-state index in [4.69, 9.17) is 16.7 Å². The number of benzene rings is 1. The van der Waals surface area contributed by atoms with E-state index in [0.29, 0.717) is 10.9 Å². The van der Waals surface area contributed by atoms with Crippen LogP contribution < -0.4 is 4.90 Å². The first-order valence-corrected chi connectivity index (χ1v) is 6.55. The molecule has 0 heterocycles. The number of anilines is 1. The van der Waals surface area contributed by atoms with Crippen molar-refractivity contribution in [1.29, 1.82) is 0 Å². The molecular weight excluding hydrogens is 250 g/mol. The minimum atomic E-state index is -0.736. The van der Waals surface area contributed by atoms with Crippen molar-refractivity contribution in [3.05, 3.63) is 28.8 Å². The van der Waals surface area contributed by atoms with E-state index in [1.54, 1.807) is 0 Å². The molecule has 1 saturated carbocycles. The predicted octanol–water partition coefficient (Wildman–Crippen LogP) is 3.37. The molecule has 1 unspecified atom stereocenters. The molecule has 0 aromatic heterocycles. The average Bonchev–Trinajstić information content (AvgIpc) is 3.08. The Kier molecular flexibility index (Phi) is 3.81. The molecule has 1 aliphatic carbocycles. The number of aliphatic carboxylic acids is 1. The van der Waals surface area contributed by atoms with E-state index in [1.807, 2.05) is 37.2 Å². The van der Waals surface area contributed by atoms with E-state index in [1.165, 1.54) is 0 Å². The molecule has 0 aliphatic heterocycles. The highest BCUT2D eigenvalue weighted by molar-refractivity contribution is 6.33. The fourth-order valence-corrected chi connectivity index (χ4v) is 2.72. The van der Waals surface area contributed by atoms with Crippen LogP contribution in [0.2, 0.25) is 5.02 Å². The largest absolute Gasteiger partial charge is 0.481 e. The Hall–Kier alpha value is -1.22. The van der Waals surface area contributed by atoms with Gasteiger partial charge in [-0.3, -0.25) is 4.79 Å². The van der Waals surface area contributed by atoms with Crippen molar-refractivity contribution in [3.63, 3.8) is 0 Å². The van der Waals surface area contributed by atoms with Gasteiger partial charge in [0.1, 0.15) is 0 Å². The summed E-state index contributed by atoms with van der Waals surface area (Å²) < 4.78 is 0. The molecular formula is C14H18ClNO2. The second-order valence-electron chi connectivity index (χ2n) is 5.15. The summed E-state index contributed by atoms with van der Waals surface area (Å²) in [6.07, 6.45) is 2.46. The molecule has 18 heavy (non-hydrogen) atoms. The minimum Gasteiger partial charge on any atom is -0.481 e. The highest BCUT2D eigenvalue weighted by Gasteiger charge is 2.33. The number of carboxylic acid groups (broad SMARTS) is 1. The molecule has 0 amide bonds. The molecule has 0 spiro atoms. The molecule has 0 bridgehead atoms. The smallest absolute Gasteiger partial charge is 0.303 e. The summed E-state index contributed by atoms with van der Waals surface area (Å²) in [6, 6.07) is 5.89. The Morgan fingerprint density at radius 2 is 2.17 bits per heavy atom. The zero-order valence-electron chi connectivity index (χ0n) is 10.7. The van der Waals surface area contributed by atoms with Gasteiger partial charge < -0.3 is 10.0 Å². The van der Waals surface area contributed by atoms with Crippen LogP contribution in [0.15, 0.2) is 18.2 Å². The van der Waals surface area contributed by atoms with Crippen molar-refractivity contribution in [1.82, 2.24) is 0 Å². The minimum absolute atomic E-state index is 0.108. The molecule has 0 radical (unpaired) electrons. The average molecular weight is 268 g/mol. The molecule has 1 fully saturated rings. The first-order chi connectivity index (χ1) is 8.49. The number of nitrogens with zero attached hydrogens (tertiary/aromatic N) is 1. The van der Waals surface area contributed by atoms with E-state index in [9.17, 15) is 4.79 Å². The summed E-state index contributed by atoms with van der Waals surface area (Å²) in [5, 5.41) is 9.68. The van der Waals surface area contributed by atoms with Crippen LogP contribution in [-0.2, 0) is 4.79 Å². The molecule has 1 aromatic carbocycles. The Bertz CT molecular complexity index is 455. The number of carboxylic acids is 1. The molecule has 0 saturated heterocycles. The first-order valence-electron chi connectivity index (χ1n) is 6.17. The van der Waals surface area contributed by atoms with Crippen LogP contribution in [0, 0.1) is 5.92 Å². The van der Waals surface area contributed by atoms with E-state index in [0.717, 1.165) is 24.1 Å². The third-order valence-electron chi connectivity index (χ3n) is 3.47. The predicted molar refractivity (Wildman–Crippen MR) is 73.5 cm³/mol. The van der Waals surface area contributed by atoms with Gasteiger partial charge in [-0.2, -0.15) is 0 Å². The number of hydrogen-bond acceptors (Lipinski definition) is 2. The second kappa shape index (κ2) is 5.19. The van der Waals surface area contributed by atoms with Gasteiger partial charge in [-0.25, -0.2) is 0 Å². The van der Waals surface area contributed by atoms with Crippen molar-refractivity contribution in [2.45, 2.75) is 25.2 Å². The lowest BCUT2D eigenvalue weighted by atomic mass is 9.91. The monoisotopic (exact) mass is 267 g/mol. The van der Waals surface area contributed by atoms with Gasteiger partial charge in [-0.15, -0.1) is 0 Å². The molecule has 98 valence electrons. The van der Waals surface area contributed by atoms with E-state index in [2.05, 4.69) is 0 Å². The maximum absolute atomic E-state index is 10.9. The molecule has 1 aromatic rings.